The van der Waals surface area contributed by atoms with Gasteiger partial charge in [0.05, 0.1) is 18.0 Å². The number of hydrogen-bond donors (Lipinski definition) is 2. The molecule has 1 aromatic carbocycles. The first kappa shape index (κ1) is 14.0. The van der Waals surface area contributed by atoms with Crippen molar-refractivity contribution in [2.75, 3.05) is 5.73 Å². The van der Waals surface area contributed by atoms with Gasteiger partial charge in [0.2, 0.25) is 10.0 Å². The predicted octanol–water partition coefficient (Wildman–Crippen LogP) is 1.65. The largest absolute Gasteiger partial charge is 0.375 e. The number of rotatable bonds is 5. The molecule has 0 aliphatic carbocycles. The Bertz CT molecular complexity index is 648. The third-order valence-electron chi connectivity index (χ3n) is 2.52. The van der Waals surface area contributed by atoms with Crippen LogP contribution in [0.4, 0.5) is 5.13 Å². The first-order valence-electron chi connectivity index (χ1n) is 5.67. The third kappa shape index (κ3) is 4.30. The highest BCUT2D eigenvalue weighted by Gasteiger charge is 2.12. The van der Waals surface area contributed by atoms with E-state index in [1.807, 2.05) is 31.2 Å². The van der Waals surface area contributed by atoms with Crippen molar-refractivity contribution in [2.45, 2.75) is 19.2 Å². The second kappa shape index (κ2) is 5.68. The molecule has 1 aromatic heterocycles. The van der Waals surface area contributed by atoms with Gasteiger partial charge < -0.3 is 5.73 Å². The Morgan fingerprint density at radius 1 is 1.32 bits per heavy atom. The standard InChI is InChI=1S/C12H15N3O2S2/c1-9-2-4-10(5-3-9)8-19(16,17)14-6-11-7-18-12(13)15-11/h2-5,7,14H,6,8H2,1H3,(H2,13,15). The lowest BCUT2D eigenvalue weighted by Crippen LogP contribution is -2.24. The molecular formula is C12H15N3O2S2. The van der Waals surface area contributed by atoms with Crippen LogP contribution in [0.15, 0.2) is 29.6 Å². The van der Waals surface area contributed by atoms with Gasteiger partial charge in [-0.1, -0.05) is 29.8 Å². The summed E-state index contributed by atoms with van der Waals surface area (Å²) >= 11 is 1.29. The second-order valence-corrected chi connectivity index (χ2v) is 6.94. The maximum absolute atomic E-state index is 11.9. The molecule has 2 rings (SSSR count). The van der Waals surface area contributed by atoms with Crippen molar-refractivity contribution in [1.29, 1.82) is 0 Å². The number of aromatic nitrogens is 1. The monoisotopic (exact) mass is 297 g/mol. The maximum Gasteiger partial charge on any atom is 0.216 e. The summed E-state index contributed by atoms with van der Waals surface area (Å²) in [6.45, 7) is 2.13. The highest BCUT2D eigenvalue weighted by molar-refractivity contribution is 7.88. The zero-order chi connectivity index (χ0) is 13.9. The lowest BCUT2D eigenvalue weighted by Gasteiger charge is -2.05. The van der Waals surface area contributed by atoms with Crippen LogP contribution in [0.1, 0.15) is 16.8 Å². The van der Waals surface area contributed by atoms with E-state index in [4.69, 9.17) is 5.73 Å². The number of nitrogens with two attached hydrogens (primary N) is 1. The fourth-order valence-electron chi connectivity index (χ4n) is 1.54. The molecule has 0 bridgehead atoms. The normalized spacial score (nSPS) is 11.6. The molecule has 0 spiro atoms. The van der Waals surface area contributed by atoms with Gasteiger partial charge in [-0.3, -0.25) is 0 Å². The van der Waals surface area contributed by atoms with Crippen molar-refractivity contribution in [3.8, 4) is 0 Å². The second-order valence-electron chi connectivity index (χ2n) is 4.24. The Morgan fingerprint density at radius 2 is 2.00 bits per heavy atom. The molecule has 0 aliphatic heterocycles. The Hall–Kier alpha value is -1.44. The summed E-state index contributed by atoms with van der Waals surface area (Å²) in [7, 11) is -3.36. The van der Waals surface area contributed by atoms with Crippen LogP contribution in [0.5, 0.6) is 0 Å². The zero-order valence-electron chi connectivity index (χ0n) is 10.5. The summed E-state index contributed by atoms with van der Waals surface area (Å²) < 4.78 is 26.3. The van der Waals surface area contributed by atoms with Gasteiger partial charge in [0.15, 0.2) is 5.13 Å². The Balaban J connectivity index is 1.97. The molecule has 0 amide bonds. The number of anilines is 1. The van der Waals surface area contributed by atoms with Gasteiger partial charge in [0, 0.05) is 5.38 Å². The zero-order valence-corrected chi connectivity index (χ0v) is 12.1. The predicted molar refractivity (Wildman–Crippen MR) is 77.2 cm³/mol. The average Bonchev–Trinajstić information content (AvgIpc) is 2.76. The lowest BCUT2D eigenvalue weighted by molar-refractivity contribution is 0.580. The van der Waals surface area contributed by atoms with E-state index in [1.54, 1.807) is 5.38 Å². The van der Waals surface area contributed by atoms with Gasteiger partial charge in [-0.2, -0.15) is 0 Å². The SMILES string of the molecule is Cc1ccc(CS(=O)(=O)NCc2csc(N)n2)cc1. The van der Waals surface area contributed by atoms with E-state index in [2.05, 4.69) is 9.71 Å². The van der Waals surface area contributed by atoms with Crippen molar-refractivity contribution in [1.82, 2.24) is 9.71 Å². The molecule has 0 saturated heterocycles. The fraction of sp³-hybridized carbons (Fsp3) is 0.250. The van der Waals surface area contributed by atoms with Crippen molar-refractivity contribution in [2.24, 2.45) is 0 Å². The van der Waals surface area contributed by atoms with E-state index in [9.17, 15) is 8.42 Å². The van der Waals surface area contributed by atoms with Crippen molar-refractivity contribution >= 4 is 26.5 Å². The molecule has 1 heterocycles. The Kier molecular flexibility index (Phi) is 4.18. The van der Waals surface area contributed by atoms with Crippen LogP contribution >= 0.6 is 11.3 Å². The minimum Gasteiger partial charge on any atom is -0.375 e. The molecule has 0 atom stereocenters. The maximum atomic E-state index is 11.9. The number of hydrogen-bond acceptors (Lipinski definition) is 5. The van der Waals surface area contributed by atoms with Crippen LogP contribution in [0.2, 0.25) is 0 Å². The quantitative estimate of drug-likeness (QED) is 0.879. The fourth-order valence-corrected chi connectivity index (χ4v) is 3.21. The Labute approximate surface area is 116 Å². The minimum absolute atomic E-state index is 0.0348. The van der Waals surface area contributed by atoms with E-state index >= 15 is 0 Å². The minimum atomic E-state index is -3.36. The summed E-state index contributed by atoms with van der Waals surface area (Å²) in [5, 5.41) is 2.18. The molecule has 0 saturated carbocycles. The van der Waals surface area contributed by atoms with Gasteiger partial charge in [0.25, 0.3) is 0 Å². The van der Waals surface area contributed by atoms with Gasteiger partial charge >= 0.3 is 0 Å². The summed E-state index contributed by atoms with van der Waals surface area (Å²) in [5.74, 6) is -0.0348. The van der Waals surface area contributed by atoms with E-state index < -0.39 is 10.0 Å². The van der Waals surface area contributed by atoms with E-state index in [0.717, 1.165) is 11.1 Å². The number of nitrogen functional groups attached to an aromatic ring is 1. The molecule has 0 unspecified atom stereocenters. The van der Waals surface area contributed by atoms with Gasteiger partial charge in [-0.15, -0.1) is 11.3 Å². The summed E-state index contributed by atoms with van der Waals surface area (Å²) in [5.41, 5.74) is 7.98. The third-order valence-corrected chi connectivity index (χ3v) is 4.54. The molecule has 0 radical (unpaired) electrons. The van der Waals surface area contributed by atoms with Gasteiger partial charge in [0.1, 0.15) is 0 Å². The number of aryl methyl sites for hydroxylation is 1. The van der Waals surface area contributed by atoms with E-state index in [0.29, 0.717) is 10.8 Å². The summed E-state index contributed by atoms with van der Waals surface area (Å²) in [4.78, 5) is 4.00. The molecule has 7 heteroatoms. The number of sulfonamides is 1. The van der Waals surface area contributed by atoms with E-state index in [-0.39, 0.29) is 12.3 Å². The summed E-state index contributed by atoms with van der Waals surface area (Å²) in [6, 6.07) is 7.42. The van der Waals surface area contributed by atoms with Crippen molar-refractivity contribution in [3.63, 3.8) is 0 Å². The molecular weight excluding hydrogens is 282 g/mol. The van der Waals surface area contributed by atoms with Crippen LogP contribution in [0.3, 0.4) is 0 Å². The highest BCUT2D eigenvalue weighted by Crippen LogP contribution is 2.12. The van der Waals surface area contributed by atoms with Gasteiger partial charge in [-0.25, -0.2) is 18.1 Å². The van der Waals surface area contributed by atoms with Crippen LogP contribution in [0.25, 0.3) is 0 Å². The first-order chi connectivity index (χ1) is 8.94. The van der Waals surface area contributed by atoms with Crippen LogP contribution in [-0.4, -0.2) is 13.4 Å². The number of thiazole rings is 1. The number of nitrogens with zero attached hydrogens (tertiary/aromatic N) is 1. The van der Waals surface area contributed by atoms with Crippen molar-refractivity contribution < 1.29 is 8.42 Å². The summed E-state index contributed by atoms with van der Waals surface area (Å²) in [6.07, 6.45) is 0. The topological polar surface area (TPSA) is 85.1 Å². The molecule has 3 N–H and O–H groups in total. The molecule has 0 fully saturated rings. The lowest BCUT2D eigenvalue weighted by atomic mass is 10.2. The van der Waals surface area contributed by atoms with E-state index in [1.165, 1.54) is 11.3 Å². The molecule has 102 valence electrons. The van der Waals surface area contributed by atoms with Crippen molar-refractivity contribution in [3.05, 3.63) is 46.5 Å². The first-order valence-corrected chi connectivity index (χ1v) is 8.20. The van der Waals surface area contributed by atoms with Crippen LogP contribution in [0, 0.1) is 6.92 Å². The smallest absolute Gasteiger partial charge is 0.216 e. The number of nitrogens with one attached hydrogen (secondary N) is 1. The number of benzene rings is 1. The van der Waals surface area contributed by atoms with Gasteiger partial charge in [-0.05, 0) is 12.5 Å². The van der Waals surface area contributed by atoms with Crippen LogP contribution in [-0.2, 0) is 22.3 Å². The highest BCUT2D eigenvalue weighted by atomic mass is 32.2. The van der Waals surface area contributed by atoms with Crippen LogP contribution < -0.4 is 10.5 Å². The molecule has 5 nitrogen and oxygen atoms in total. The molecule has 0 aliphatic rings. The molecule has 19 heavy (non-hydrogen) atoms. The molecule has 2 aromatic rings. The Morgan fingerprint density at radius 3 is 2.58 bits per heavy atom. The average molecular weight is 297 g/mol.